The predicted octanol–water partition coefficient (Wildman–Crippen LogP) is 9.35. The number of ether oxygens (including phenoxy) is 10. The van der Waals surface area contributed by atoms with Crippen LogP contribution in [0, 0.1) is 35.5 Å². The number of carbonyl (C=O) groups excluding carboxylic acids is 6. The molecule has 105 heavy (non-hydrogen) atoms. The van der Waals surface area contributed by atoms with Gasteiger partial charge in [0.15, 0.2) is 43.8 Å². The maximum atomic E-state index is 14.3. The van der Waals surface area contributed by atoms with Crippen molar-refractivity contribution in [3.05, 3.63) is 46.2 Å². The summed E-state index contributed by atoms with van der Waals surface area (Å²) in [5.74, 6) is -6.56. The molecule has 6 heterocycles. The summed E-state index contributed by atoms with van der Waals surface area (Å²) in [4.78, 5) is 96.2. The van der Waals surface area contributed by atoms with Crippen LogP contribution in [0.5, 0.6) is 0 Å². The number of ketones is 2. The minimum absolute atomic E-state index is 0.0552. The second-order valence-electron chi connectivity index (χ2n) is 30.6. The summed E-state index contributed by atoms with van der Waals surface area (Å²) in [6, 6.07) is -2.55. The number of nitrogens with one attached hydrogen (secondary N) is 2. The molecule has 4 N–H and O–H groups in total. The van der Waals surface area contributed by atoms with E-state index in [4.69, 9.17) is 63.5 Å². The van der Waals surface area contributed by atoms with E-state index in [0.29, 0.717) is 103 Å². The summed E-state index contributed by atoms with van der Waals surface area (Å²) in [5.41, 5.74) is 12.1. The van der Waals surface area contributed by atoms with E-state index in [1.807, 2.05) is 79.5 Å². The Labute approximate surface area is 624 Å². The fourth-order valence-electron chi connectivity index (χ4n) is 16.3. The van der Waals surface area contributed by atoms with Gasteiger partial charge >= 0.3 is 24.1 Å². The summed E-state index contributed by atoms with van der Waals surface area (Å²) in [6.07, 6.45) is 0.377. The van der Waals surface area contributed by atoms with Crippen molar-refractivity contribution in [3.63, 3.8) is 0 Å². The minimum Gasteiger partial charge on any atom is -0.458 e. The Morgan fingerprint density at radius 1 is 0.629 bits per heavy atom. The van der Waals surface area contributed by atoms with Crippen LogP contribution in [0.4, 0.5) is 9.59 Å². The molecular formula is C73H127N12O19P. The van der Waals surface area contributed by atoms with Gasteiger partial charge in [0.25, 0.3) is 0 Å². The van der Waals surface area contributed by atoms with Gasteiger partial charge in [-0.15, -0.1) is 13.2 Å². The zero-order valence-corrected chi connectivity index (χ0v) is 67.2. The zero-order valence-electron chi connectivity index (χ0n) is 66.3. The van der Waals surface area contributed by atoms with Crippen LogP contribution < -0.4 is 10.6 Å². The Balaban J connectivity index is 0.000000434. The number of carbonyl (C=O) groups is 6. The number of hydrogen-bond donors (Lipinski definition) is 4. The van der Waals surface area contributed by atoms with Gasteiger partial charge in [-0.25, -0.2) is 9.59 Å². The van der Waals surface area contributed by atoms with Gasteiger partial charge in [-0.05, 0) is 184 Å². The van der Waals surface area contributed by atoms with Gasteiger partial charge < -0.3 is 78.0 Å². The topological polar surface area (TPSA) is 387 Å². The number of Topliss-reactive ketones (excluding diaryl/α,β-unsaturated/α-hetero) is 2. The van der Waals surface area contributed by atoms with Crippen LogP contribution in [0.15, 0.2) is 35.5 Å². The van der Waals surface area contributed by atoms with E-state index in [0.717, 1.165) is 7.11 Å². The lowest BCUT2D eigenvalue weighted by Crippen LogP contribution is -2.61. The van der Waals surface area contributed by atoms with Gasteiger partial charge in [0.2, 0.25) is 0 Å². The first-order valence-electron chi connectivity index (χ1n) is 37.2. The number of unbranched alkanes of at least 4 members (excludes halogenated alkanes) is 2. The van der Waals surface area contributed by atoms with Crippen LogP contribution in [0.3, 0.4) is 0 Å². The van der Waals surface area contributed by atoms with Crippen molar-refractivity contribution in [3.8, 4) is 0 Å². The number of rotatable bonds is 23. The summed E-state index contributed by atoms with van der Waals surface area (Å²) in [5, 5.41) is 32.8. The standard InChI is InChI=1S/C36H61N6O9P.C36H62N6O9.CH4O/c1-12-25-30-36(8,51-34(45)42(30)17-15-14-16-39-40-37)27(13-2)49-32(44)24(6)28(43)23(5)31(35(7,47-11)19-21(3)20-38-25)50-33-29(52-46)26(41(9)10)18-22(4)48-33;1-12-25-30-36(8,51-34(46)42(30)17-15-14-16-39-40-37)27(13-2)49-32(45)24(6)28(43)23(5)31(35(7,47-11)19-21(3)20-38-25)50-33-29(44)26(41(9)10)18-22(4)48-33;1-2/h12,21-27,29-31,33,38H,1,13-20H2,2-11H3;12,21-27,29-31,33,38,44H,1,13-20H2,2-11H3;2H,1H3/t2*21-,22?,23+,24-,25-,26?,27-,29?,30-,31-,33+,35-,36-;/m11./s1. The molecule has 598 valence electrons. The third-order valence-corrected chi connectivity index (χ3v) is 23.1. The Morgan fingerprint density at radius 3 is 1.34 bits per heavy atom. The van der Waals surface area contributed by atoms with Crippen LogP contribution in [0.2, 0.25) is 0 Å². The number of methoxy groups -OCH3 is 2. The van der Waals surface area contributed by atoms with Gasteiger partial charge in [0.05, 0.1) is 47.7 Å². The summed E-state index contributed by atoms with van der Waals surface area (Å²) >= 11 is 0. The molecule has 0 aliphatic carbocycles. The molecule has 6 rings (SSSR count). The van der Waals surface area contributed by atoms with Crippen molar-refractivity contribution < 1.29 is 90.9 Å². The van der Waals surface area contributed by atoms with E-state index in [1.165, 1.54) is 13.8 Å². The normalized spacial score (nSPS) is 39.1. The molecule has 0 bridgehead atoms. The first-order valence-corrected chi connectivity index (χ1v) is 38.1. The molecule has 0 aromatic carbocycles. The minimum atomic E-state index is -1.30. The third-order valence-electron chi connectivity index (χ3n) is 22.2. The maximum absolute atomic E-state index is 14.3. The molecule has 0 spiro atoms. The van der Waals surface area contributed by atoms with Crippen LogP contribution in [-0.2, 0) is 71.1 Å². The maximum Gasteiger partial charge on any atom is 0.410 e. The predicted molar refractivity (Wildman–Crippen MR) is 395 cm³/mol. The molecule has 6 saturated heterocycles. The summed E-state index contributed by atoms with van der Waals surface area (Å²) in [6.45, 7) is 35.7. The highest BCUT2D eigenvalue weighted by atomic mass is 31.1. The molecule has 26 atom stereocenters. The molecule has 0 saturated carbocycles. The Hall–Kier alpha value is -5.46. The molecule has 6 aliphatic heterocycles. The van der Waals surface area contributed by atoms with Gasteiger partial charge in [-0.2, -0.15) is 0 Å². The fraction of sp³-hybridized carbons (Fsp3) is 0.863. The largest absolute Gasteiger partial charge is 0.458 e. The molecule has 6 aliphatic rings. The highest BCUT2D eigenvalue weighted by molar-refractivity contribution is 7.25. The number of hydrogen-bond acceptors (Lipinski definition) is 25. The zero-order chi connectivity index (χ0) is 79.2. The third kappa shape index (κ3) is 22.4. The van der Waals surface area contributed by atoms with Crippen molar-refractivity contribution in [2.24, 2.45) is 45.7 Å². The first kappa shape index (κ1) is 91.9. The quantitative estimate of drug-likeness (QED) is 0.00851. The van der Waals surface area contributed by atoms with Crippen LogP contribution >= 0.6 is 8.46 Å². The summed E-state index contributed by atoms with van der Waals surface area (Å²) < 4.78 is 75.2. The second-order valence-corrected chi connectivity index (χ2v) is 31.4. The molecule has 2 amide bonds. The first-order chi connectivity index (χ1) is 49.5. The van der Waals surface area contributed by atoms with Crippen molar-refractivity contribution in [2.75, 3.05) is 88.8 Å². The van der Waals surface area contributed by atoms with E-state index in [1.54, 1.807) is 63.9 Å². The number of esters is 2. The fourth-order valence-corrected chi connectivity index (χ4v) is 17.1. The number of cyclic esters (lactones) is 2. The average Bonchev–Trinajstić information content (AvgIpc) is 1.62. The van der Waals surface area contributed by atoms with E-state index >= 15 is 0 Å². The van der Waals surface area contributed by atoms with E-state index < -0.39 is 155 Å². The number of azide groups is 2. The molecule has 32 heteroatoms. The van der Waals surface area contributed by atoms with Crippen molar-refractivity contribution >= 4 is 44.2 Å². The summed E-state index contributed by atoms with van der Waals surface area (Å²) in [7, 11) is 11.6. The highest BCUT2D eigenvalue weighted by Crippen LogP contribution is 2.44. The van der Waals surface area contributed by atoms with Crippen LogP contribution in [0.1, 0.15) is 161 Å². The number of likely N-dealkylation sites (N-methyl/N-ethyl adjacent to an activating group) is 1. The van der Waals surface area contributed by atoms with Crippen LogP contribution in [0.25, 0.3) is 20.9 Å². The molecule has 6 unspecified atom stereocenters. The van der Waals surface area contributed by atoms with Crippen molar-refractivity contribution in [1.82, 2.24) is 30.2 Å². The Bertz CT molecular complexity index is 2970. The molecular weight excluding hydrogens is 1380 g/mol. The van der Waals surface area contributed by atoms with Gasteiger partial charge in [-0.3, -0.25) is 33.5 Å². The number of fused-ring (bicyclic) bond motifs is 2. The number of amides is 2. The smallest absolute Gasteiger partial charge is 0.410 e. The van der Waals surface area contributed by atoms with Gasteiger partial charge in [0.1, 0.15) is 35.8 Å². The molecule has 6 fully saturated rings. The molecule has 0 aromatic rings. The van der Waals surface area contributed by atoms with Gasteiger partial charge in [0, 0.05) is 93.3 Å². The molecule has 31 nitrogen and oxygen atoms in total. The van der Waals surface area contributed by atoms with E-state index in [2.05, 4.69) is 57.7 Å². The second kappa shape index (κ2) is 41.9. The molecule has 0 aromatic heterocycles. The Kier molecular flexibility index (Phi) is 36.7. The lowest BCUT2D eigenvalue weighted by atomic mass is 9.78. The molecule has 0 radical (unpaired) electrons. The lowest BCUT2D eigenvalue weighted by Gasteiger charge is -2.46. The van der Waals surface area contributed by atoms with E-state index in [-0.39, 0.29) is 44.6 Å². The highest BCUT2D eigenvalue weighted by Gasteiger charge is 2.61. The Morgan fingerprint density at radius 2 is 1.00 bits per heavy atom. The number of aliphatic hydroxyl groups excluding tert-OH is 2. The van der Waals surface area contributed by atoms with Crippen molar-refractivity contribution in [2.45, 2.75) is 281 Å². The van der Waals surface area contributed by atoms with Crippen molar-refractivity contribution in [1.29, 1.82) is 0 Å². The average molecular weight is 1510 g/mol. The number of aliphatic hydroxyl groups is 2. The van der Waals surface area contributed by atoms with E-state index in [9.17, 15) is 38.4 Å². The van der Waals surface area contributed by atoms with Crippen LogP contribution in [-0.4, -0.2) is 274 Å². The van der Waals surface area contributed by atoms with Gasteiger partial charge in [-0.1, -0.05) is 63.9 Å². The monoisotopic (exact) mass is 1510 g/mol. The lowest BCUT2D eigenvalue weighted by molar-refractivity contribution is -0.295. The SMILES string of the molecule is C=C[C@H]1NC[C@H](C)C[C@@](C)(OC)[C@H](O[C@@H]2OC(C)CC(N(C)C)C2O)[C@@H](C)C(=O)[C@@H](C)C(=O)O[C@H](CC)[C@@]2(C)OC(=O)N(CCCCN=[N+]=[N-])[C@H]12.C=C[C@H]1NC[C@H](C)C[C@@](C)(OC)[C@H](O[C@@H]2OC(C)CC(N(C)C)C2P=O)[C@@H](C)C(=O)[C@@H](C)C(=O)O[C@H](CC)[C@@]2(C)OC(=O)N(CCCCN=[N+]=[N-])[C@H]12.CO. The number of nitrogens with zero attached hydrogens (tertiary/aromatic N) is 10.